The highest BCUT2D eigenvalue weighted by Gasteiger charge is 2.14. The monoisotopic (exact) mass is 284 g/mol. The predicted molar refractivity (Wildman–Crippen MR) is 77.9 cm³/mol. The summed E-state index contributed by atoms with van der Waals surface area (Å²) in [7, 11) is 0. The van der Waals surface area contributed by atoms with E-state index < -0.39 is 0 Å². The lowest BCUT2D eigenvalue weighted by molar-refractivity contribution is 0.390. The summed E-state index contributed by atoms with van der Waals surface area (Å²) in [6.07, 6.45) is 4.83. The Labute approximate surface area is 118 Å². The minimum atomic E-state index is -0.209. The van der Waals surface area contributed by atoms with Crippen LogP contribution in [0.3, 0.4) is 0 Å². The van der Waals surface area contributed by atoms with Gasteiger partial charge < -0.3 is 10.6 Å². The van der Waals surface area contributed by atoms with Crippen LogP contribution in [0.4, 0.5) is 5.69 Å². The van der Waals surface area contributed by atoms with Gasteiger partial charge in [-0.15, -0.1) is 0 Å². The van der Waals surface area contributed by atoms with Gasteiger partial charge >= 0.3 is 0 Å². The van der Waals surface area contributed by atoms with Crippen LogP contribution in [0.25, 0.3) is 0 Å². The molecule has 0 aromatic carbocycles. The highest BCUT2D eigenvalue weighted by Crippen LogP contribution is 2.18. The fourth-order valence-corrected chi connectivity index (χ4v) is 2.51. The molecule has 2 N–H and O–H groups in total. The third-order valence-corrected chi connectivity index (χ3v) is 3.83. The van der Waals surface area contributed by atoms with E-state index in [-0.39, 0.29) is 10.6 Å². The van der Waals surface area contributed by atoms with Crippen molar-refractivity contribution in [3.8, 4) is 0 Å². The van der Waals surface area contributed by atoms with E-state index in [1.807, 2.05) is 6.92 Å². The molecule has 0 spiro atoms. The molecule has 0 radical (unpaired) electrons. The van der Waals surface area contributed by atoms with Gasteiger partial charge in [0.15, 0.2) is 0 Å². The molecule has 0 aliphatic carbocycles. The maximum atomic E-state index is 11.9. The van der Waals surface area contributed by atoms with Crippen LogP contribution in [0.2, 0.25) is 5.02 Å². The van der Waals surface area contributed by atoms with Crippen LogP contribution in [-0.4, -0.2) is 29.4 Å². The van der Waals surface area contributed by atoms with Crippen LogP contribution in [0.5, 0.6) is 0 Å². The molecule has 2 rings (SSSR count). The third kappa shape index (κ3) is 3.70. The standard InChI is InChI=1S/C13H21ClN4O/c1-2-7-18-13(19)12(14)11(9-17-18)16-8-10-3-5-15-6-4-10/h9-10,15-16H,2-8H2,1H3. The van der Waals surface area contributed by atoms with E-state index in [0.717, 1.165) is 38.9 Å². The first-order valence-corrected chi connectivity index (χ1v) is 7.30. The SMILES string of the molecule is CCCn1ncc(NCC2CCNCC2)c(Cl)c1=O. The number of anilines is 1. The molecule has 19 heavy (non-hydrogen) atoms. The van der Waals surface area contributed by atoms with E-state index in [1.54, 1.807) is 6.20 Å². The van der Waals surface area contributed by atoms with Gasteiger partial charge in [-0.1, -0.05) is 18.5 Å². The lowest BCUT2D eigenvalue weighted by atomic mass is 9.98. The topological polar surface area (TPSA) is 59.0 Å². The van der Waals surface area contributed by atoms with Crippen LogP contribution >= 0.6 is 11.6 Å². The number of aromatic nitrogens is 2. The number of nitrogens with one attached hydrogen (secondary N) is 2. The van der Waals surface area contributed by atoms with Crippen LogP contribution in [0.15, 0.2) is 11.0 Å². The summed E-state index contributed by atoms with van der Waals surface area (Å²) in [6, 6.07) is 0. The van der Waals surface area contributed by atoms with Crippen molar-refractivity contribution in [2.45, 2.75) is 32.7 Å². The van der Waals surface area contributed by atoms with Gasteiger partial charge in [-0.25, -0.2) is 4.68 Å². The van der Waals surface area contributed by atoms with Gasteiger partial charge in [-0.2, -0.15) is 5.10 Å². The summed E-state index contributed by atoms with van der Waals surface area (Å²) in [5, 5.41) is 11.0. The fraction of sp³-hybridized carbons (Fsp3) is 0.692. The summed E-state index contributed by atoms with van der Waals surface area (Å²) >= 11 is 6.10. The molecule has 0 atom stereocenters. The number of aryl methyl sites for hydroxylation is 1. The minimum Gasteiger partial charge on any atom is -0.382 e. The third-order valence-electron chi connectivity index (χ3n) is 3.46. The second-order valence-electron chi connectivity index (χ2n) is 4.97. The summed E-state index contributed by atoms with van der Waals surface area (Å²) < 4.78 is 1.41. The van der Waals surface area contributed by atoms with Crippen molar-refractivity contribution >= 4 is 17.3 Å². The van der Waals surface area contributed by atoms with Gasteiger partial charge in [0.25, 0.3) is 5.56 Å². The number of nitrogens with zero attached hydrogens (tertiary/aromatic N) is 2. The van der Waals surface area contributed by atoms with Crippen molar-refractivity contribution in [1.82, 2.24) is 15.1 Å². The molecule has 1 fully saturated rings. The molecule has 1 aromatic rings. The van der Waals surface area contributed by atoms with E-state index in [9.17, 15) is 4.79 Å². The van der Waals surface area contributed by atoms with Crippen molar-refractivity contribution in [3.63, 3.8) is 0 Å². The lowest BCUT2D eigenvalue weighted by Crippen LogP contribution is -2.31. The highest BCUT2D eigenvalue weighted by molar-refractivity contribution is 6.32. The zero-order valence-electron chi connectivity index (χ0n) is 11.3. The number of piperidine rings is 1. The van der Waals surface area contributed by atoms with E-state index >= 15 is 0 Å². The smallest absolute Gasteiger partial charge is 0.287 e. The molecular weight excluding hydrogens is 264 g/mol. The highest BCUT2D eigenvalue weighted by atomic mass is 35.5. The first kappa shape index (κ1) is 14.3. The largest absolute Gasteiger partial charge is 0.382 e. The molecule has 0 amide bonds. The molecule has 6 heteroatoms. The van der Waals surface area contributed by atoms with Gasteiger partial charge in [-0.05, 0) is 38.3 Å². The maximum Gasteiger partial charge on any atom is 0.287 e. The van der Waals surface area contributed by atoms with E-state index in [1.165, 1.54) is 4.68 Å². The van der Waals surface area contributed by atoms with Crippen molar-refractivity contribution in [2.75, 3.05) is 25.0 Å². The Morgan fingerprint density at radius 2 is 2.26 bits per heavy atom. The Kier molecular flexibility index (Phi) is 5.22. The normalized spacial score (nSPS) is 16.5. The quantitative estimate of drug-likeness (QED) is 0.864. The predicted octanol–water partition coefficient (Wildman–Crippen LogP) is 1.72. The Bertz CT molecular complexity index is 468. The molecule has 106 valence electrons. The number of halogens is 1. The van der Waals surface area contributed by atoms with Gasteiger partial charge in [0.1, 0.15) is 5.02 Å². The van der Waals surface area contributed by atoms with Crippen molar-refractivity contribution in [2.24, 2.45) is 5.92 Å². The summed E-state index contributed by atoms with van der Waals surface area (Å²) in [6.45, 7) is 5.59. The van der Waals surface area contributed by atoms with Crippen LogP contribution in [0, 0.1) is 5.92 Å². The average molecular weight is 285 g/mol. The first-order chi connectivity index (χ1) is 9.22. The van der Waals surface area contributed by atoms with Crippen LogP contribution in [0.1, 0.15) is 26.2 Å². The molecule has 1 aliphatic rings. The number of hydrogen-bond acceptors (Lipinski definition) is 4. The zero-order valence-corrected chi connectivity index (χ0v) is 12.0. The molecule has 0 saturated carbocycles. The Balaban J connectivity index is 2.00. The maximum absolute atomic E-state index is 11.9. The van der Waals surface area contributed by atoms with E-state index in [4.69, 9.17) is 11.6 Å². The van der Waals surface area contributed by atoms with Gasteiger partial charge in [-0.3, -0.25) is 4.79 Å². The average Bonchev–Trinajstić information content (AvgIpc) is 2.44. The van der Waals surface area contributed by atoms with Crippen molar-refractivity contribution in [3.05, 3.63) is 21.6 Å². The summed E-state index contributed by atoms with van der Waals surface area (Å²) in [5.41, 5.74) is 0.441. The molecule has 0 bridgehead atoms. The van der Waals surface area contributed by atoms with E-state index in [2.05, 4.69) is 15.7 Å². The molecule has 1 saturated heterocycles. The number of hydrogen-bond donors (Lipinski definition) is 2. The Morgan fingerprint density at radius 1 is 1.53 bits per heavy atom. The van der Waals surface area contributed by atoms with Crippen LogP contribution in [-0.2, 0) is 6.54 Å². The van der Waals surface area contributed by atoms with Gasteiger partial charge in [0.05, 0.1) is 11.9 Å². The molecular formula is C13H21ClN4O. The number of rotatable bonds is 5. The lowest BCUT2D eigenvalue weighted by Gasteiger charge is -2.23. The summed E-state index contributed by atoms with van der Waals surface area (Å²) in [4.78, 5) is 11.9. The molecule has 0 unspecified atom stereocenters. The molecule has 1 aromatic heterocycles. The second-order valence-corrected chi connectivity index (χ2v) is 5.35. The van der Waals surface area contributed by atoms with Gasteiger partial charge in [0, 0.05) is 13.1 Å². The molecule has 1 aliphatic heterocycles. The zero-order chi connectivity index (χ0) is 13.7. The fourth-order valence-electron chi connectivity index (χ4n) is 2.30. The van der Waals surface area contributed by atoms with Crippen LogP contribution < -0.4 is 16.2 Å². The van der Waals surface area contributed by atoms with Crippen molar-refractivity contribution in [1.29, 1.82) is 0 Å². The Morgan fingerprint density at radius 3 is 2.95 bits per heavy atom. The van der Waals surface area contributed by atoms with Crippen molar-refractivity contribution < 1.29 is 0 Å². The Hall–Kier alpha value is -1.07. The van der Waals surface area contributed by atoms with Gasteiger partial charge in [0.2, 0.25) is 0 Å². The molecule has 2 heterocycles. The summed E-state index contributed by atoms with van der Waals surface area (Å²) in [5.74, 6) is 0.635. The van der Waals surface area contributed by atoms with E-state index in [0.29, 0.717) is 18.2 Å². The first-order valence-electron chi connectivity index (χ1n) is 6.92. The second kappa shape index (κ2) is 6.91. The molecule has 5 nitrogen and oxygen atoms in total. The minimum absolute atomic E-state index is 0.209.